The van der Waals surface area contributed by atoms with E-state index in [2.05, 4.69) is 16.4 Å². The molecule has 0 spiro atoms. The average Bonchev–Trinajstić information content (AvgIpc) is 2.66. The summed E-state index contributed by atoms with van der Waals surface area (Å²) in [4.78, 5) is 16.5. The summed E-state index contributed by atoms with van der Waals surface area (Å²) in [5.74, 6) is 0.0600. The Kier molecular flexibility index (Phi) is 5.67. The van der Waals surface area contributed by atoms with Crippen LogP contribution in [-0.2, 0) is 4.79 Å². The molecule has 1 amide bonds. The Morgan fingerprint density at radius 1 is 1.15 bits per heavy atom. The Labute approximate surface area is 156 Å². The fourth-order valence-corrected chi connectivity index (χ4v) is 3.35. The maximum absolute atomic E-state index is 12.2. The zero-order valence-corrected chi connectivity index (χ0v) is 15.1. The molecule has 3 rings (SSSR count). The summed E-state index contributed by atoms with van der Waals surface area (Å²) in [5, 5.41) is 13.0. The minimum atomic E-state index is -0.128. The molecule has 26 heavy (non-hydrogen) atoms. The number of nitrogens with zero attached hydrogens (tertiary/aromatic N) is 2. The first-order chi connectivity index (χ1) is 12.7. The van der Waals surface area contributed by atoms with E-state index in [9.17, 15) is 10.1 Å². The second kappa shape index (κ2) is 8.32. The molecule has 0 atom stereocenters. The Hall–Kier alpha value is -3.10. The molecule has 0 bridgehead atoms. The lowest BCUT2D eigenvalue weighted by Crippen LogP contribution is -2.14. The van der Waals surface area contributed by atoms with Gasteiger partial charge in [0.1, 0.15) is 11.1 Å². The molecule has 128 valence electrons. The van der Waals surface area contributed by atoms with Crippen LogP contribution < -0.4 is 5.32 Å². The van der Waals surface area contributed by atoms with Crippen LogP contribution in [0, 0.1) is 18.3 Å². The lowest BCUT2D eigenvalue weighted by atomic mass is 10.0. The Bertz CT molecular complexity index is 964. The minimum absolute atomic E-state index is 0.128. The maximum atomic E-state index is 12.2. The SMILES string of the molecule is Cc1cccc(NC(=O)CSc2nccc(-c3ccccc3)c2C#N)c1. The van der Waals surface area contributed by atoms with Gasteiger partial charge in [0.2, 0.25) is 5.91 Å². The van der Waals surface area contributed by atoms with Gasteiger partial charge < -0.3 is 5.32 Å². The van der Waals surface area contributed by atoms with E-state index < -0.39 is 0 Å². The highest BCUT2D eigenvalue weighted by atomic mass is 32.2. The molecule has 1 heterocycles. The van der Waals surface area contributed by atoms with Crippen molar-refractivity contribution in [3.05, 3.63) is 78.0 Å². The van der Waals surface area contributed by atoms with Crippen LogP contribution in [0.4, 0.5) is 5.69 Å². The quantitative estimate of drug-likeness (QED) is 0.673. The zero-order valence-electron chi connectivity index (χ0n) is 14.3. The van der Waals surface area contributed by atoms with Crippen LogP contribution in [0.3, 0.4) is 0 Å². The van der Waals surface area contributed by atoms with Gasteiger partial charge in [-0.05, 0) is 36.2 Å². The first-order valence-corrected chi connectivity index (χ1v) is 9.10. The Morgan fingerprint density at radius 2 is 1.96 bits per heavy atom. The molecule has 0 radical (unpaired) electrons. The third kappa shape index (κ3) is 4.29. The Morgan fingerprint density at radius 3 is 2.69 bits per heavy atom. The average molecular weight is 359 g/mol. The number of rotatable bonds is 5. The van der Waals surface area contributed by atoms with Crippen LogP contribution >= 0.6 is 11.8 Å². The molecule has 2 aromatic carbocycles. The maximum Gasteiger partial charge on any atom is 0.234 e. The first-order valence-electron chi connectivity index (χ1n) is 8.11. The number of amides is 1. The highest BCUT2D eigenvalue weighted by Crippen LogP contribution is 2.29. The number of anilines is 1. The summed E-state index contributed by atoms with van der Waals surface area (Å²) in [6, 6.07) is 21.4. The van der Waals surface area contributed by atoms with Crippen molar-refractivity contribution in [3.63, 3.8) is 0 Å². The number of carbonyl (C=O) groups is 1. The van der Waals surface area contributed by atoms with Gasteiger partial charge in [-0.3, -0.25) is 4.79 Å². The number of pyridine rings is 1. The van der Waals surface area contributed by atoms with Gasteiger partial charge in [-0.2, -0.15) is 5.26 Å². The van der Waals surface area contributed by atoms with Crippen LogP contribution in [0.15, 0.2) is 71.9 Å². The number of thioether (sulfide) groups is 1. The first kappa shape index (κ1) is 17.7. The van der Waals surface area contributed by atoms with Gasteiger partial charge in [-0.25, -0.2) is 4.98 Å². The smallest absolute Gasteiger partial charge is 0.234 e. The molecule has 0 fully saturated rings. The van der Waals surface area contributed by atoms with Crippen molar-refractivity contribution < 1.29 is 4.79 Å². The van der Waals surface area contributed by atoms with Gasteiger partial charge in [0.05, 0.1) is 11.3 Å². The largest absolute Gasteiger partial charge is 0.325 e. The molecule has 0 aliphatic rings. The number of hydrogen-bond donors (Lipinski definition) is 1. The van der Waals surface area contributed by atoms with Crippen molar-refractivity contribution in [2.75, 3.05) is 11.1 Å². The van der Waals surface area contributed by atoms with Crippen molar-refractivity contribution in [1.82, 2.24) is 4.98 Å². The van der Waals surface area contributed by atoms with Crippen molar-refractivity contribution in [2.45, 2.75) is 11.9 Å². The van der Waals surface area contributed by atoms with Gasteiger partial charge in [0.25, 0.3) is 0 Å². The van der Waals surface area contributed by atoms with Gasteiger partial charge >= 0.3 is 0 Å². The van der Waals surface area contributed by atoms with Crippen LogP contribution in [0.5, 0.6) is 0 Å². The predicted molar refractivity (Wildman–Crippen MR) is 105 cm³/mol. The van der Waals surface area contributed by atoms with Crippen molar-refractivity contribution in [2.24, 2.45) is 0 Å². The normalized spacial score (nSPS) is 10.2. The number of nitriles is 1. The van der Waals surface area contributed by atoms with E-state index in [1.54, 1.807) is 6.20 Å². The predicted octanol–water partition coefficient (Wildman–Crippen LogP) is 4.66. The third-order valence-corrected chi connectivity index (χ3v) is 4.74. The van der Waals surface area contributed by atoms with Gasteiger partial charge in [-0.15, -0.1) is 0 Å². The summed E-state index contributed by atoms with van der Waals surface area (Å²) >= 11 is 1.27. The summed E-state index contributed by atoms with van der Waals surface area (Å²) in [5.41, 5.74) is 4.12. The zero-order chi connectivity index (χ0) is 18.4. The highest BCUT2D eigenvalue weighted by Gasteiger charge is 2.13. The molecule has 1 N–H and O–H groups in total. The fraction of sp³-hybridized carbons (Fsp3) is 0.0952. The monoisotopic (exact) mass is 359 g/mol. The molecule has 0 aliphatic heterocycles. The fourth-order valence-electron chi connectivity index (χ4n) is 2.57. The number of nitrogens with one attached hydrogen (secondary N) is 1. The van der Waals surface area contributed by atoms with Crippen molar-refractivity contribution in [3.8, 4) is 17.2 Å². The third-order valence-electron chi connectivity index (χ3n) is 3.75. The van der Waals surface area contributed by atoms with E-state index >= 15 is 0 Å². The van der Waals surface area contributed by atoms with Crippen LogP contribution in [-0.4, -0.2) is 16.6 Å². The Balaban J connectivity index is 1.74. The molecule has 0 saturated carbocycles. The van der Waals surface area contributed by atoms with E-state index in [1.807, 2.05) is 67.6 Å². The molecular weight excluding hydrogens is 342 g/mol. The standard InChI is InChI=1S/C21H17N3OS/c1-15-6-5-9-17(12-15)24-20(25)14-26-21-19(13-22)18(10-11-23-21)16-7-3-2-4-8-16/h2-12H,14H2,1H3,(H,24,25). The lowest BCUT2D eigenvalue weighted by Gasteiger charge is -2.09. The number of carbonyl (C=O) groups excluding carboxylic acids is 1. The summed E-state index contributed by atoms with van der Waals surface area (Å²) < 4.78 is 0. The van der Waals surface area contributed by atoms with E-state index in [-0.39, 0.29) is 11.7 Å². The molecule has 0 unspecified atom stereocenters. The van der Waals surface area contributed by atoms with Gasteiger partial charge in [-0.1, -0.05) is 54.2 Å². The molecular formula is C21H17N3OS. The van der Waals surface area contributed by atoms with Crippen molar-refractivity contribution >= 4 is 23.4 Å². The number of hydrogen-bond acceptors (Lipinski definition) is 4. The van der Waals surface area contributed by atoms with Crippen molar-refractivity contribution in [1.29, 1.82) is 5.26 Å². The molecule has 0 saturated heterocycles. The van der Waals surface area contributed by atoms with Crippen LogP contribution in [0.1, 0.15) is 11.1 Å². The van der Waals surface area contributed by atoms with E-state index in [4.69, 9.17) is 0 Å². The number of aromatic nitrogens is 1. The topological polar surface area (TPSA) is 65.8 Å². The van der Waals surface area contributed by atoms with E-state index in [0.717, 1.165) is 22.4 Å². The summed E-state index contributed by atoms with van der Waals surface area (Å²) in [6.45, 7) is 1.97. The summed E-state index contributed by atoms with van der Waals surface area (Å²) in [6.07, 6.45) is 1.67. The molecule has 0 aliphatic carbocycles. The number of benzene rings is 2. The van der Waals surface area contributed by atoms with E-state index in [1.165, 1.54) is 11.8 Å². The van der Waals surface area contributed by atoms with Crippen LogP contribution in [0.2, 0.25) is 0 Å². The second-order valence-electron chi connectivity index (χ2n) is 5.72. The molecule has 1 aromatic heterocycles. The van der Waals surface area contributed by atoms with E-state index in [0.29, 0.717) is 10.6 Å². The summed E-state index contributed by atoms with van der Waals surface area (Å²) in [7, 11) is 0. The van der Waals surface area contributed by atoms with Gasteiger partial charge in [0, 0.05) is 17.4 Å². The highest BCUT2D eigenvalue weighted by molar-refractivity contribution is 8.00. The molecule has 4 nitrogen and oxygen atoms in total. The molecule has 3 aromatic rings. The minimum Gasteiger partial charge on any atom is -0.325 e. The lowest BCUT2D eigenvalue weighted by molar-refractivity contribution is -0.113. The number of aryl methyl sites for hydroxylation is 1. The molecule has 5 heteroatoms. The second-order valence-corrected chi connectivity index (χ2v) is 6.69. The van der Waals surface area contributed by atoms with Crippen LogP contribution in [0.25, 0.3) is 11.1 Å². The van der Waals surface area contributed by atoms with Gasteiger partial charge in [0.15, 0.2) is 0 Å².